The molecule has 0 spiro atoms. The number of methoxy groups -OCH3 is 1. The molecule has 0 saturated heterocycles. The van der Waals surface area contributed by atoms with Gasteiger partial charge in [0.2, 0.25) is 0 Å². The second-order valence-electron chi connectivity index (χ2n) is 10.7. The lowest BCUT2D eigenvalue weighted by atomic mass is 9.49. The maximum absolute atomic E-state index is 13.2. The van der Waals surface area contributed by atoms with Crippen LogP contribution >= 0.6 is 0 Å². The van der Waals surface area contributed by atoms with Gasteiger partial charge in [0, 0.05) is 7.11 Å². The molecule has 0 amide bonds. The predicted molar refractivity (Wildman–Crippen MR) is 109 cm³/mol. The number of aliphatic hydroxyl groups excluding tert-OH is 1. The molecule has 4 fully saturated rings. The molecule has 4 aliphatic rings. The van der Waals surface area contributed by atoms with Crippen LogP contribution in [0.3, 0.4) is 0 Å². The molecule has 4 aliphatic carbocycles. The van der Waals surface area contributed by atoms with E-state index in [2.05, 4.69) is 6.92 Å². The van der Waals surface area contributed by atoms with Crippen molar-refractivity contribution in [2.45, 2.75) is 90.8 Å². The standard InChI is InChI=1S/C23H37F3O2.CH4/c1-22-10-9-19-18-7-4-16(23(24,25)26)11-14(18)3-6-20(19)21(22)8-5-15(22)12-17(27)13-28-2;/h14-21,27H,3-13H2,1-2H3;1H4/t14-,15?,16+,17?,18+,19?,20-,21?,22-;/m1./s1. The van der Waals surface area contributed by atoms with Gasteiger partial charge in [0.15, 0.2) is 0 Å². The molecule has 170 valence electrons. The van der Waals surface area contributed by atoms with Gasteiger partial charge in [-0.2, -0.15) is 13.2 Å². The highest BCUT2D eigenvalue weighted by atomic mass is 19.4. The van der Waals surface area contributed by atoms with Crippen molar-refractivity contribution in [2.75, 3.05) is 13.7 Å². The highest BCUT2D eigenvalue weighted by Gasteiger charge is 2.58. The molecular weight excluding hydrogens is 377 g/mol. The molecule has 0 radical (unpaired) electrons. The van der Waals surface area contributed by atoms with Gasteiger partial charge in [-0.05, 0) is 105 Å². The average Bonchev–Trinajstić information content (AvgIpc) is 2.97. The zero-order valence-corrected chi connectivity index (χ0v) is 17.4. The van der Waals surface area contributed by atoms with Crippen molar-refractivity contribution >= 4 is 0 Å². The Morgan fingerprint density at radius 1 is 1.00 bits per heavy atom. The zero-order chi connectivity index (χ0) is 20.1. The predicted octanol–water partition coefficient (Wildman–Crippen LogP) is 6.47. The lowest BCUT2D eigenvalue weighted by Crippen LogP contribution is -2.49. The first-order chi connectivity index (χ1) is 13.2. The van der Waals surface area contributed by atoms with Crippen LogP contribution in [-0.2, 0) is 4.74 Å². The lowest BCUT2D eigenvalue weighted by Gasteiger charge is -2.56. The number of ether oxygens (including phenoxy) is 1. The summed E-state index contributed by atoms with van der Waals surface area (Å²) in [5.41, 5.74) is 0.298. The fraction of sp³-hybridized carbons (Fsp3) is 1.00. The molecule has 29 heavy (non-hydrogen) atoms. The molecule has 0 bridgehead atoms. The number of rotatable bonds is 4. The van der Waals surface area contributed by atoms with Crippen molar-refractivity contribution in [1.82, 2.24) is 0 Å². The number of hydrogen-bond acceptors (Lipinski definition) is 2. The summed E-state index contributed by atoms with van der Waals surface area (Å²) in [4.78, 5) is 0. The monoisotopic (exact) mass is 418 g/mol. The van der Waals surface area contributed by atoms with Crippen molar-refractivity contribution in [2.24, 2.45) is 46.8 Å². The van der Waals surface area contributed by atoms with Crippen LogP contribution in [-0.4, -0.2) is 31.1 Å². The molecule has 1 N–H and O–H groups in total. The maximum atomic E-state index is 13.2. The lowest BCUT2D eigenvalue weighted by molar-refractivity contribution is -0.196. The summed E-state index contributed by atoms with van der Waals surface area (Å²) in [5, 5.41) is 10.3. The van der Waals surface area contributed by atoms with Crippen LogP contribution in [0.25, 0.3) is 0 Å². The van der Waals surface area contributed by atoms with E-state index in [1.165, 1.54) is 25.7 Å². The van der Waals surface area contributed by atoms with E-state index in [1.807, 2.05) is 0 Å². The zero-order valence-electron chi connectivity index (χ0n) is 17.4. The van der Waals surface area contributed by atoms with Gasteiger partial charge >= 0.3 is 6.18 Å². The highest BCUT2D eigenvalue weighted by Crippen LogP contribution is 2.65. The summed E-state index contributed by atoms with van der Waals surface area (Å²) >= 11 is 0. The van der Waals surface area contributed by atoms with Crippen molar-refractivity contribution in [3.8, 4) is 0 Å². The third-order valence-electron chi connectivity index (χ3n) is 9.53. The van der Waals surface area contributed by atoms with Crippen LogP contribution in [0.15, 0.2) is 0 Å². The maximum Gasteiger partial charge on any atom is 0.391 e. The van der Waals surface area contributed by atoms with E-state index in [0.29, 0.717) is 60.4 Å². The van der Waals surface area contributed by atoms with Gasteiger partial charge in [0.25, 0.3) is 0 Å². The molecule has 0 aliphatic heterocycles. The first-order valence-electron chi connectivity index (χ1n) is 11.5. The van der Waals surface area contributed by atoms with Crippen molar-refractivity contribution in [1.29, 1.82) is 0 Å². The third-order valence-corrected chi connectivity index (χ3v) is 9.53. The minimum Gasteiger partial charge on any atom is -0.391 e. The highest BCUT2D eigenvalue weighted by molar-refractivity contribution is 5.06. The van der Waals surface area contributed by atoms with Crippen molar-refractivity contribution < 1.29 is 23.0 Å². The Kier molecular flexibility index (Phi) is 7.00. The first-order valence-corrected chi connectivity index (χ1v) is 11.5. The third kappa shape index (κ3) is 4.24. The second kappa shape index (κ2) is 8.68. The fourth-order valence-electron chi connectivity index (χ4n) is 8.24. The second-order valence-corrected chi connectivity index (χ2v) is 10.7. The molecular formula is C24H41F3O2. The first kappa shape index (κ1) is 23.4. The van der Waals surface area contributed by atoms with E-state index >= 15 is 0 Å². The largest absolute Gasteiger partial charge is 0.391 e. The van der Waals surface area contributed by atoms with Crippen LogP contribution in [0.1, 0.15) is 78.6 Å². The van der Waals surface area contributed by atoms with Crippen LogP contribution in [0.4, 0.5) is 13.2 Å². The van der Waals surface area contributed by atoms with E-state index in [0.717, 1.165) is 25.7 Å². The van der Waals surface area contributed by atoms with Crippen LogP contribution < -0.4 is 0 Å². The Bertz CT molecular complexity index is 551. The number of aliphatic hydroxyl groups is 1. The summed E-state index contributed by atoms with van der Waals surface area (Å²) in [6, 6.07) is 0. The summed E-state index contributed by atoms with van der Waals surface area (Å²) in [7, 11) is 1.64. The summed E-state index contributed by atoms with van der Waals surface area (Å²) in [5.74, 6) is 2.37. The Hall–Kier alpha value is -0.290. The summed E-state index contributed by atoms with van der Waals surface area (Å²) in [6.07, 6.45) is 4.90. The Morgan fingerprint density at radius 2 is 1.72 bits per heavy atom. The summed E-state index contributed by atoms with van der Waals surface area (Å²) in [6.45, 7) is 2.85. The molecule has 0 aromatic rings. The van der Waals surface area contributed by atoms with Gasteiger partial charge in [-0.1, -0.05) is 14.4 Å². The van der Waals surface area contributed by atoms with Gasteiger partial charge in [0.05, 0.1) is 18.6 Å². The SMILES string of the molecule is C.COCC(O)CC1CCC2[C@@H]3CC[C@@H]4C[C@@H](C(F)(F)F)CC[C@@H]4C3CC[C@]12C. The number of hydrogen-bond donors (Lipinski definition) is 1. The quantitative estimate of drug-likeness (QED) is 0.567. The Morgan fingerprint density at radius 3 is 2.41 bits per heavy atom. The van der Waals surface area contributed by atoms with Crippen molar-refractivity contribution in [3.05, 3.63) is 0 Å². The molecule has 0 aromatic heterocycles. The topological polar surface area (TPSA) is 29.5 Å². The van der Waals surface area contributed by atoms with Crippen LogP contribution in [0.2, 0.25) is 0 Å². The molecule has 4 saturated carbocycles. The molecule has 0 heterocycles. The van der Waals surface area contributed by atoms with Gasteiger partial charge in [-0.25, -0.2) is 0 Å². The van der Waals surface area contributed by atoms with Gasteiger partial charge in [-0.3, -0.25) is 0 Å². The molecule has 4 unspecified atom stereocenters. The minimum absolute atomic E-state index is 0. The van der Waals surface area contributed by atoms with Gasteiger partial charge in [-0.15, -0.1) is 0 Å². The number of halogens is 3. The molecule has 9 atom stereocenters. The molecule has 5 heteroatoms. The molecule has 2 nitrogen and oxygen atoms in total. The Balaban J connectivity index is 0.00000240. The van der Waals surface area contributed by atoms with E-state index in [4.69, 9.17) is 4.74 Å². The Labute approximate surface area is 175 Å². The minimum atomic E-state index is -4.01. The molecule has 0 aromatic carbocycles. The molecule has 4 rings (SSSR count). The fourth-order valence-corrected chi connectivity index (χ4v) is 8.24. The van der Waals surface area contributed by atoms with E-state index in [-0.39, 0.29) is 13.5 Å². The average molecular weight is 419 g/mol. The number of alkyl halides is 3. The smallest absolute Gasteiger partial charge is 0.391 e. The van der Waals surface area contributed by atoms with Crippen molar-refractivity contribution in [3.63, 3.8) is 0 Å². The summed E-state index contributed by atoms with van der Waals surface area (Å²) < 4.78 is 44.8. The van der Waals surface area contributed by atoms with Crippen LogP contribution in [0, 0.1) is 46.8 Å². The van der Waals surface area contributed by atoms with E-state index < -0.39 is 12.1 Å². The normalized spacial score (nSPS) is 45.5. The van der Waals surface area contributed by atoms with Gasteiger partial charge in [0.1, 0.15) is 0 Å². The van der Waals surface area contributed by atoms with E-state index in [9.17, 15) is 18.3 Å². The van der Waals surface area contributed by atoms with Crippen LogP contribution in [0.5, 0.6) is 0 Å². The van der Waals surface area contributed by atoms with Gasteiger partial charge < -0.3 is 9.84 Å². The number of fused-ring (bicyclic) bond motifs is 5. The van der Waals surface area contributed by atoms with E-state index in [1.54, 1.807) is 7.11 Å².